The van der Waals surface area contributed by atoms with Gasteiger partial charge in [0.1, 0.15) is 5.75 Å². The lowest BCUT2D eigenvalue weighted by molar-refractivity contribution is -0.385. The smallest absolute Gasteiger partial charge is 0.365 e. The largest absolute Gasteiger partial charge is 0.508 e. The number of carbonyl (C=O) groups is 1. The Morgan fingerprint density at radius 1 is 1.26 bits per heavy atom. The standard InChI is InChI=1S/C19H18N2O6/c1-11-8-14-12(10-17(11)22)4-3-5-15(14)20-27-19(23)13-6-7-18(26-2)16(9-13)21(24)25/h6-10,22H,3-5H2,1-2H3/b20-15+. The van der Waals surface area contributed by atoms with Gasteiger partial charge in [-0.25, -0.2) is 4.79 Å². The van der Waals surface area contributed by atoms with E-state index in [1.165, 1.54) is 19.2 Å². The van der Waals surface area contributed by atoms with Crippen LogP contribution in [0.2, 0.25) is 0 Å². The molecule has 0 amide bonds. The first-order valence-electron chi connectivity index (χ1n) is 8.34. The summed E-state index contributed by atoms with van der Waals surface area (Å²) in [5.74, 6) is -0.521. The van der Waals surface area contributed by atoms with Crippen LogP contribution in [0.5, 0.6) is 11.5 Å². The maximum Gasteiger partial charge on any atom is 0.365 e. The summed E-state index contributed by atoms with van der Waals surface area (Å²) in [7, 11) is 1.31. The maximum atomic E-state index is 12.3. The lowest BCUT2D eigenvalue weighted by Crippen LogP contribution is -2.14. The van der Waals surface area contributed by atoms with Gasteiger partial charge in [-0.1, -0.05) is 5.16 Å². The first kappa shape index (κ1) is 18.4. The molecular formula is C19H18N2O6. The molecule has 0 heterocycles. The second-order valence-corrected chi connectivity index (χ2v) is 6.21. The molecule has 0 spiro atoms. The van der Waals surface area contributed by atoms with E-state index in [-0.39, 0.29) is 22.7 Å². The van der Waals surface area contributed by atoms with Crippen LogP contribution in [0, 0.1) is 17.0 Å². The Balaban J connectivity index is 1.85. The van der Waals surface area contributed by atoms with Crippen molar-refractivity contribution in [2.75, 3.05) is 7.11 Å². The molecule has 2 aromatic rings. The lowest BCUT2D eigenvalue weighted by atomic mass is 9.88. The second kappa shape index (κ2) is 7.45. The van der Waals surface area contributed by atoms with Crippen LogP contribution in [0.1, 0.15) is 39.9 Å². The number of nitro groups is 1. The van der Waals surface area contributed by atoms with Gasteiger partial charge < -0.3 is 14.7 Å². The monoisotopic (exact) mass is 370 g/mol. The van der Waals surface area contributed by atoms with Crippen LogP contribution < -0.4 is 4.74 Å². The highest BCUT2D eigenvalue weighted by atomic mass is 16.7. The van der Waals surface area contributed by atoms with Crippen molar-refractivity contribution in [3.63, 3.8) is 0 Å². The average Bonchev–Trinajstić information content (AvgIpc) is 2.66. The Morgan fingerprint density at radius 2 is 2.04 bits per heavy atom. The van der Waals surface area contributed by atoms with E-state index in [4.69, 9.17) is 9.57 Å². The molecule has 0 saturated heterocycles. The van der Waals surface area contributed by atoms with Gasteiger partial charge in [0.05, 0.1) is 23.3 Å². The molecule has 8 heteroatoms. The summed E-state index contributed by atoms with van der Waals surface area (Å²) < 4.78 is 4.91. The number of aryl methyl sites for hydroxylation is 2. The predicted molar refractivity (Wildman–Crippen MR) is 97.4 cm³/mol. The summed E-state index contributed by atoms with van der Waals surface area (Å²) in [6, 6.07) is 7.33. The highest BCUT2D eigenvalue weighted by molar-refractivity contribution is 6.03. The lowest BCUT2D eigenvalue weighted by Gasteiger charge is -2.18. The van der Waals surface area contributed by atoms with Gasteiger partial charge in [-0.05, 0) is 61.6 Å². The Hall–Kier alpha value is -3.42. The van der Waals surface area contributed by atoms with Gasteiger partial charge >= 0.3 is 11.7 Å². The first-order valence-corrected chi connectivity index (χ1v) is 8.34. The molecule has 2 aromatic carbocycles. The van der Waals surface area contributed by atoms with Gasteiger partial charge in [-0.15, -0.1) is 0 Å². The first-order chi connectivity index (χ1) is 12.9. The molecule has 27 heavy (non-hydrogen) atoms. The normalized spacial score (nSPS) is 14.5. The molecule has 1 N–H and O–H groups in total. The number of phenolic OH excluding ortho intramolecular Hbond substituents is 1. The zero-order valence-electron chi connectivity index (χ0n) is 14.9. The molecule has 0 aromatic heterocycles. The van der Waals surface area contributed by atoms with Gasteiger partial charge in [-0.2, -0.15) is 0 Å². The summed E-state index contributed by atoms with van der Waals surface area (Å²) in [5, 5.41) is 24.9. The van der Waals surface area contributed by atoms with Crippen molar-refractivity contribution in [3.8, 4) is 11.5 Å². The van der Waals surface area contributed by atoms with Crippen molar-refractivity contribution in [2.45, 2.75) is 26.2 Å². The van der Waals surface area contributed by atoms with Crippen LogP contribution in [0.15, 0.2) is 35.5 Å². The van der Waals surface area contributed by atoms with Crippen molar-refractivity contribution < 1.29 is 24.4 Å². The van der Waals surface area contributed by atoms with E-state index >= 15 is 0 Å². The molecule has 0 atom stereocenters. The molecule has 0 saturated carbocycles. The molecule has 0 fully saturated rings. The molecule has 0 radical (unpaired) electrons. The Labute approximate surface area is 155 Å². The molecule has 8 nitrogen and oxygen atoms in total. The van der Waals surface area contributed by atoms with Crippen LogP contribution in [0.3, 0.4) is 0 Å². The number of rotatable bonds is 4. The number of hydrogen-bond acceptors (Lipinski definition) is 7. The minimum atomic E-state index is -0.795. The summed E-state index contributed by atoms with van der Waals surface area (Å²) in [4.78, 5) is 27.7. The van der Waals surface area contributed by atoms with E-state index in [0.29, 0.717) is 17.7 Å². The fourth-order valence-electron chi connectivity index (χ4n) is 3.00. The number of hydrogen-bond donors (Lipinski definition) is 1. The van der Waals surface area contributed by atoms with Crippen LogP contribution >= 0.6 is 0 Å². The van der Waals surface area contributed by atoms with E-state index in [2.05, 4.69) is 5.16 Å². The molecule has 1 aliphatic carbocycles. The summed E-state index contributed by atoms with van der Waals surface area (Å²) in [6.07, 6.45) is 2.26. The molecule has 140 valence electrons. The molecule has 0 bridgehead atoms. The van der Waals surface area contributed by atoms with Crippen molar-refractivity contribution in [1.82, 2.24) is 0 Å². The van der Waals surface area contributed by atoms with Gasteiger partial charge in [0.2, 0.25) is 0 Å². The van der Waals surface area contributed by atoms with Gasteiger partial charge in [-0.3, -0.25) is 10.1 Å². The number of phenols is 1. The Bertz CT molecular complexity index is 951. The van der Waals surface area contributed by atoms with E-state index in [9.17, 15) is 20.0 Å². The maximum absolute atomic E-state index is 12.3. The van der Waals surface area contributed by atoms with E-state index in [0.717, 1.165) is 30.0 Å². The number of nitrogens with zero attached hydrogens (tertiary/aromatic N) is 2. The zero-order valence-corrected chi connectivity index (χ0v) is 14.9. The van der Waals surface area contributed by atoms with Crippen LogP contribution in [0.25, 0.3) is 0 Å². The number of aromatic hydroxyl groups is 1. The number of benzene rings is 2. The van der Waals surface area contributed by atoms with E-state index in [1.807, 2.05) is 6.07 Å². The van der Waals surface area contributed by atoms with Crippen LogP contribution in [-0.4, -0.2) is 28.8 Å². The molecule has 3 rings (SSSR count). The summed E-state index contributed by atoms with van der Waals surface area (Å²) in [6.45, 7) is 1.78. The van der Waals surface area contributed by atoms with E-state index in [1.54, 1.807) is 13.0 Å². The van der Waals surface area contributed by atoms with E-state index < -0.39 is 10.9 Å². The average molecular weight is 370 g/mol. The van der Waals surface area contributed by atoms with Crippen LogP contribution in [-0.2, 0) is 11.3 Å². The number of ether oxygens (including phenoxy) is 1. The fourth-order valence-corrected chi connectivity index (χ4v) is 3.00. The van der Waals surface area contributed by atoms with Crippen LogP contribution in [0.4, 0.5) is 5.69 Å². The number of oxime groups is 1. The Kier molecular flexibility index (Phi) is 5.07. The highest BCUT2D eigenvalue weighted by Gasteiger charge is 2.21. The summed E-state index contributed by atoms with van der Waals surface area (Å²) in [5.41, 5.74) is 2.78. The molecule has 0 aliphatic heterocycles. The number of fused-ring (bicyclic) bond motifs is 1. The van der Waals surface area contributed by atoms with Gasteiger partial charge in [0.15, 0.2) is 5.75 Å². The number of carbonyl (C=O) groups excluding carboxylic acids is 1. The minimum absolute atomic E-state index is 0.00442. The SMILES string of the molecule is COc1ccc(C(=O)O/N=C2\CCCc3cc(O)c(C)cc32)cc1[N+](=O)[O-]. The Morgan fingerprint density at radius 3 is 2.74 bits per heavy atom. The molecule has 1 aliphatic rings. The van der Waals surface area contributed by atoms with Crippen molar-refractivity contribution >= 4 is 17.4 Å². The third kappa shape index (κ3) is 3.74. The topological polar surface area (TPSA) is 111 Å². The summed E-state index contributed by atoms with van der Waals surface area (Å²) >= 11 is 0. The second-order valence-electron chi connectivity index (χ2n) is 6.21. The predicted octanol–water partition coefficient (Wildman–Crippen LogP) is 3.51. The minimum Gasteiger partial charge on any atom is -0.508 e. The third-order valence-corrected chi connectivity index (χ3v) is 4.44. The third-order valence-electron chi connectivity index (χ3n) is 4.44. The fraction of sp³-hybridized carbons (Fsp3) is 0.263. The zero-order chi connectivity index (χ0) is 19.6. The quantitative estimate of drug-likeness (QED) is 0.501. The number of nitro benzene ring substituents is 1. The molecular weight excluding hydrogens is 352 g/mol. The van der Waals surface area contributed by atoms with Crippen molar-refractivity contribution in [3.05, 3.63) is 62.7 Å². The molecule has 0 unspecified atom stereocenters. The van der Waals surface area contributed by atoms with Gasteiger partial charge in [0, 0.05) is 11.6 Å². The van der Waals surface area contributed by atoms with Crippen molar-refractivity contribution in [1.29, 1.82) is 0 Å². The highest BCUT2D eigenvalue weighted by Crippen LogP contribution is 2.29. The van der Waals surface area contributed by atoms with Crippen molar-refractivity contribution in [2.24, 2.45) is 5.16 Å². The number of methoxy groups -OCH3 is 1. The van der Waals surface area contributed by atoms with Gasteiger partial charge in [0.25, 0.3) is 0 Å².